The lowest BCUT2D eigenvalue weighted by atomic mass is 9.69. The molecule has 3 N–H and O–H groups in total. The number of rotatable bonds is 4. The standard InChI is InChI=1S/C18H22Cl3N3O3/c1-17(2)8-4-5-18(17,3)9(6-8)23-10(25)7-27-16(26)14-11(19)13(22)12(20)15(21)24-14/h8-9H,4-7H2,1-3H3,(H2,22,24)(H,23,25). The van der Waals surface area contributed by atoms with Crippen molar-refractivity contribution in [2.45, 2.75) is 46.1 Å². The number of fused-ring (bicyclic) bond motifs is 2. The lowest BCUT2D eigenvalue weighted by molar-refractivity contribution is -0.126. The Balaban J connectivity index is 1.62. The van der Waals surface area contributed by atoms with Crippen LogP contribution in [0.5, 0.6) is 0 Å². The van der Waals surface area contributed by atoms with E-state index in [4.69, 9.17) is 45.3 Å². The molecule has 148 valence electrons. The van der Waals surface area contributed by atoms with Crippen molar-refractivity contribution in [3.63, 3.8) is 0 Å². The Kier molecular flexibility index (Phi) is 5.30. The molecule has 2 saturated carbocycles. The van der Waals surface area contributed by atoms with E-state index in [-0.39, 0.29) is 49.4 Å². The third kappa shape index (κ3) is 3.26. The van der Waals surface area contributed by atoms with Crippen LogP contribution in [0.15, 0.2) is 0 Å². The predicted octanol–water partition coefficient (Wildman–Crippen LogP) is 4.11. The summed E-state index contributed by atoms with van der Waals surface area (Å²) in [5.74, 6) is -0.653. The van der Waals surface area contributed by atoms with E-state index in [1.54, 1.807) is 0 Å². The minimum atomic E-state index is -0.889. The molecule has 2 fully saturated rings. The second-order valence-electron chi connectivity index (χ2n) is 8.10. The van der Waals surface area contributed by atoms with E-state index in [2.05, 4.69) is 31.1 Å². The van der Waals surface area contributed by atoms with Crippen molar-refractivity contribution in [3.8, 4) is 0 Å². The zero-order chi connectivity index (χ0) is 20.1. The van der Waals surface area contributed by atoms with Gasteiger partial charge in [-0.25, -0.2) is 9.78 Å². The number of carbonyl (C=O) groups excluding carboxylic acids is 2. The molecule has 2 bridgehead atoms. The molecule has 1 amide bonds. The van der Waals surface area contributed by atoms with Gasteiger partial charge in [0.1, 0.15) is 5.02 Å². The molecule has 0 aliphatic heterocycles. The first-order chi connectivity index (χ1) is 12.5. The number of amides is 1. The molecule has 0 radical (unpaired) electrons. The van der Waals surface area contributed by atoms with Crippen molar-refractivity contribution in [1.29, 1.82) is 0 Å². The highest BCUT2D eigenvalue weighted by molar-refractivity contribution is 6.46. The van der Waals surface area contributed by atoms with Crippen molar-refractivity contribution in [1.82, 2.24) is 10.3 Å². The maximum absolute atomic E-state index is 12.3. The second kappa shape index (κ2) is 6.98. The number of esters is 1. The molecule has 1 heterocycles. The lowest BCUT2D eigenvalue weighted by Gasteiger charge is -2.39. The summed E-state index contributed by atoms with van der Waals surface area (Å²) in [6, 6.07) is 0.0692. The number of nitrogens with two attached hydrogens (primary N) is 1. The number of nitrogen functional groups attached to an aromatic ring is 1. The van der Waals surface area contributed by atoms with Crippen molar-refractivity contribution in [2.24, 2.45) is 16.7 Å². The molecule has 3 unspecified atom stereocenters. The van der Waals surface area contributed by atoms with Crippen molar-refractivity contribution in [2.75, 3.05) is 12.3 Å². The highest BCUT2D eigenvalue weighted by Crippen LogP contribution is 2.65. The summed E-state index contributed by atoms with van der Waals surface area (Å²) >= 11 is 17.6. The maximum atomic E-state index is 12.3. The number of hydrogen-bond donors (Lipinski definition) is 2. The minimum absolute atomic E-state index is 0.0388. The minimum Gasteiger partial charge on any atom is -0.451 e. The summed E-state index contributed by atoms with van der Waals surface area (Å²) in [5.41, 5.74) is 5.57. The molecule has 0 spiro atoms. The number of ether oxygens (including phenoxy) is 1. The summed E-state index contributed by atoms with van der Waals surface area (Å²) in [6.07, 6.45) is 3.21. The fourth-order valence-electron chi connectivity index (χ4n) is 4.52. The lowest BCUT2D eigenvalue weighted by Crippen LogP contribution is -2.48. The monoisotopic (exact) mass is 433 g/mol. The van der Waals surface area contributed by atoms with Crippen LogP contribution in [0.2, 0.25) is 15.2 Å². The molecule has 27 heavy (non-hydrogen) atoms. The molecule has 2 aliphatic carbocycles. The average molecular weight is 435 g/mol. The van der Waals surface area contributed by atoms with Crippen molar-refractivity contribution >= 4 is 52.4 Å². The number of aromatic nitrogens is 1. The van der Waals surface area contributed by atoms with Gasteiger partial charge in [0.25, 0.3) is 5.91 Å². The first kappa shape index (κ1) is 20.5. The summed E-state index contributed by atoms with van der Waals surface area (Å²) in [4.78, 5) is 28.3. The summed E-state index contributed by atoms with van der Waals surface area (Å²) in [5, 5.41) is 2.66. The van der Waals surface area contributed by atoms with Gasteiger partial charge in [0.15, 0.2) is 17.5 Å². The quantitative estimate of drug-likeness (QED) is 0.549. The van der Waals surface area contributed by atoms with E-state index in [0.29, 0.717) is 5.92 Å². The third-order valence-corrected chi connectivity index (χ3v) is 7.86. The Labute approximate surface area is 173 Å². The number of anilines is 1. The first-order valence-electron chi connectivity index (χ1n) is 8.75. The van der Waals surface area contributed by atoms with Gasteiger partial charge in [0.05, 0.1) is 10.7 Å². The normalized spacial score (nSPS) is 28.2. The van der Waals surface area contributed by atoms with Gasteiger partial charge in [-0.15, -0.1) is 0 Å². The number of hydrogen-bond acceptors (Lipinski definition) is 5. The van der Waals surface area contributed by atoms with Gasteiger partial charge in [-0.1, -0.05) is 55.6 Å². The van der Waals surface area contributed by atoms with Gasteiger partial charge < -0.3 is 15.8 Å². The van der Waals surface area contributed by atoms with E-state index in [1.807, 2.05) is 0 Å². The Morgan fingerprint density at radius 3 is 2.48 bits per heavy atom. The summed E-state index contributed by atoms with van der Waals surface area (Å²) in [6.45, 7) is 6.31. The molecule has 1 aromatic rings. The number of nitrogens with one attached hydrogen (secondary N) is 1. The van der Waals surface area contributed by atoms with Gasteiger partial charge >= 0.3 is 5.97 Å². The van der Waals surface area contributed by atoms with Gasteiger partial charge in [-0.2, -0.15) is 0 Å². The van der Waals surface area contributed by atoms with Crippen LogP contribution in [-0.2, 0) is 9.53 Å². The van der Waals surface area contributed by atoms with E-state index >= 15 is 0 Å². The zero-order valence-corrected chi connectivity index (χ0v) is 17.6. The number of pyridine rings is 1. The van der Waals surface area contributed by atoms with Crippen LogP contribution in [0.25, 0.3) is 0 Å². The predicted molar refractivity (Wildman–Crippen MR) is 105 cm³/mol. The fraction of sp³-hybridized carbons (Fsp3) is 0.611. The molecule has 2 aliphatic rings. The largest absolute Gasteiger partial charge is 0.451 e. The Morgan fingerprint density at radius 1 is 1.26 bits per heavy atom. The van der Waals surface area contributed by atoms with Crippen LogP contribution in [-0.4, -0.2) is 29.5 Å². The van der Waals surface area contributed by atoms with Crippen LogP contribution in [0.1, 0.15) is 50.5 Å². The fourth-order valence-corrected chi connectivity index (χ4v) is 5.11. The highest BCUT2D eigenvalue weighted by Gasteiger charge is 2.61. The third-order valence-electron chi connectivity index (χ3n) is 6.73. The molecule has 9 heteroatoms. The Morgan fingerprint density at radius 2 is 1.93 bits per heavy atom. The first-order valence-corrected chi connectivity index (χ1v) is 9.89. The Hall–Kier alpha value is -1.24. The van der Waals surface area contributed by atoms with E-state index < -0.39 is 12.6 Å². The molecule has 3 atom stereocenters. The number of nitrogens with zero attached hydrogens (tertiary/aromatic N) is 1. The van der Waals surface area contributed by atoms with Crippen molar-refractivity contribution in [3.05, 3.63) is 20.9 Å². The van der Waals surface area contributed by atoms with Crippen LogP contribution < -0.4 is 11.1 Å². The van der Waals surface area contributed by atoms with Crippen molar-refractivity contribution < 1.29 is 14.3 Å². The zero-order valence-electron chi connectivity index (χ0n) is 15.4. The van der Waals surface area contributed by atoms with Crippen LogP contribution in [0.4, 0.5) is 5.69 Å². The summed E-state index contributed by atoms with van der Waals surface area (Å²) < 4.78 is 5.04. The van der Waals surface area contributed by atoms with Gasteiger partial charge in [0, 0.05) is 6.04 Å². The van der Waals surface area contributed by atoms with Gasteiger partial charge in [0.2, 0.25) is 0 Å². The molecular weight excluding hydrogens is 413 g/mol. The molecular formula is C18H22Cl3N3O3. The van der Waals surface area contributed by atoms with E-state index in [9.17, 15) is 9.59 Å². The van der Waals surface area contributed by atoms with Crippen LogP contribution in [0, 0.1) is 16.7 Å². The SMILES string of the molecule is CC1(C)C2CCC1(C)C(NC(=O)COC(=O)c1nc(Cl)c(Cl)c(N)c1Cl)C2. The molecule has 0 aromatic carbocycles. The molecule has 6 nitrogen and oxygen atoms in total. The smallest absolute Gasteiger partial charge is 0.359 e. The Bertz CT molecular complexity index is 815. The number of halogens is 3. The average Bonchev–Trinajstić information content (AvgIpc) is 2.94. The van der Waals surface area contributed by atoms with Gasteiger partial charge in [-0.3, -0.25) is 4.79 Å². The summed E-state index contributed by atoms with van der Waals surface area (Å²) in [7, 11) is 0. The second-order valence-corrected chi connectivity index (χ2v) is 9.21. The van der Waals surface area contributed by atoms with Gasteiger partial charge in [-0.05, 0) is 36.0 Å². The van der Waals surface area contributed by atoms with E-state index in [1.165, 1.54) is 6.42 Å². The molecule has 3 rings (SSSR count). The molecule has 1 aromatic heterocycles. The van der Waals surface area contributed by atoms with Crippen LogP contribution in [0.3, 0.4) is 0 Å². The topological polar surface area (TPSA) is 94.3 Å². The van der Waals surface area contributed by atoms with E-state index in [0.717, 1.165) is 12.8 Å². The highest BCUT2D eigenvalue weighted by atomic mass is 35.5. The molecule has 0 saturated heterocycles. The number of carbonyl (C=O) groups is 2. The maximum Gasteiger partial charge on any atom is 0.359 e. The van der Waals surface area contributed by atoms with Crippen LogP contribution >= 0.6 is 34.8 Å².